The van der Waals surface area contributed by atoms with Crippen LogP contribution in [0.15, 0.2) is 30.6 Å². The smallest absolute Gasteiger partial charge is 0.224 e. The van der Waals surface area contributed by atoms with Crippen LogP contribution in [0.5, 0.6) is 0 Å². The van der Waals surface area contributed by atoms with Crippen LogP contribution in [-0.4, -0.2) is 10.9 Å². The fraction of sp³-hybridized carbons (Fsp3) is 0.333. The van der Waals surface area contributed by atoms with E-state index >= 15 is 0 Å². The van der Waals surface area contributed by atoms with Crippen LogP contribution in [0.1, 0.15) is 28.2 Å². The van der Waals surface area contributed by atoms with Gasteiger partial charge in [-0.15, -0.1) is 11.3 Å². The summed E-state index contributed by atoms with van der Waals surface area (Å²) >= 11 is 1.82. The first-order chi connectivity index (χ1) is 9.15. The third-order valence-corrected chi connectivity index (χ3v) is 3.95. The summed E-state index contributed by atoms with van der Waals surface area (Å²) in [5.41, 5.74) is 2.13. The van der Waals surface area contributed by atoms with E-state index in [4.69, 9.17) is 0 Å². The minimum absolute atomic E-state index is 0.0533. The highest BCUT2D eigenvalue weighted by Crippen LogP contribution is 2.22. The Kier molecular flexibility index (Phi) is 4.68. The van der Waals surface area contributed by atoms with Gasteiger partial charge in [0.1, 0.15) is 0 Å². The van der Waals surface area contributed by atoms with Gasteiger partial charge in [0.25, 0.3) is 0 Å². The quantitative estimate of drug-likeness (QED) is 0.903. The van der Waals surface area contributed by atoms with Gasteiger partial charge < -0.3 is 5.32 Å². The largest absolute Gasteiger partial charge is 0.325 e. The van der Waals surface area contributed by atoms with E-state index in [2.05, 4.69) is 30.2 Å². The van der Waals surface area contributed by atoms with E-state index in [-0.39, 0.29) is 5.91 Å². The molecule has 2 aromatic heterocycles. The highest BCUT2D eigenvalue weighted by Gasteiger charge is 2.05. The molecule has 100 valence electrons. The van der Waals surface area contributed by atoms with Crippen LogP contribution >= 0.6 is 11.3 Å². The molecule has 19 heavy (non-hydrogen) atoms. The van der Waals surface area contributed by atoms with Crippen molar-refractivity contribution in [3.63, 3.8) is 0 Å². The molecule has 2 aromatic rings. The zero-order valence-electron chi connectivity index (χ0n) is 11.3. The Bertz CT molecular complexity index is 549. The van der Waals surface area contributed by atoms with Gasteiger partial charge in [0.15, 0.2) is 0 Å². The summed E-state index contributed by atoms with van der Waals surface area (Å²) in [6, 6.07) is 5.88. The number of thiophene rings is 1. The molecular formula is C15H18N2OS. The second kappa shape index (κ2) is 6.48. The van der Waals surface area contributed by atoms with E-state index in [1.165, 1.54) is 15.3 Å². The number of anilines is 1. The van der Waals surface area contributed by atoms with Gasteiger partial charge in [-0.3, -0.25) is 9.78 Å². The molecule has 2 heterocycles. The molecule has 0 saturated carbocycles. The summed E-state index contributed by atoms with van der Waals surface area (Å²) in [6.07, 6.45) is 5.74. The van der Waals surface area contributed by atoms with E-state index in [1.807, 2.05) is 23.5 Å². The minimum atomic E-state index is 0.0533. The minimum Gasteiger partial charge on any atom is -0.325 e. The maximum absolute atomic E-state index is 11.8. The number of amides is 1. The monoisotopic (exact) mass is 274 g/mol. The van der Waals surface area contributed by atoms with E-state index < -0.39 is 0 Å². The van der Waals surface area contributed by atoms with Crippen molar-refractivity contribution >= 4 is 22.9 Å². The highest BCUT2D eigenvalue weighted by molar-refractivity contribution is 7.12. The molecule has 0 fully saturated rings. The number of carbonyl (C=O) groups is 1. The fourth-order valence-electron chi connectivity index (χ4n) is 2.03. The molecule has 0 aliphatic heterocycles. The van der Waals surface area contributed by atoms with E-state index in [0.717, 1.165) is 18.5 Å². The zero-order valence-corrected chi connectivity index (χ0v) is 12.1. The average Bonchev–Trinajstić information content (AvgIpc) is 2.69. The Morgan fingerprint density at radius 1 is 1.42 bits per heavy atom. The van der Waals surface area contributed by atoms with Crippen molar-refractivity contribution in [1.29, 1.82) is 0 Å². The molecule has 1 amide bonds. The van der Waals surface area contributed by atoms with Crippen LogP contribution in [0.4, 0.5) is 5.69 Å². The number of hydrogen-bond donors (Lipinski definition) is 1. The van der Waals surface area contributed by atoms with Crippen LogP contribution < -0.4 is 5.32 Å². The van der Waals surface area contributed by atoms with Gasteiger partial charge in [0, 0.05) is 22.4 Å². The average molecular weight is 274 g/mol. The number of hydrogen-bond acceptors (Lipinski definition) is 3. The summed E-state index contributed by atoms with van der Waals surface area (Å²) in [7, 11) is 0. The molecule has 0 aromatic carbocycles. The second-order valence-electron chi connectivity index (χ2n) is 4.58. The van der Waals surface area contributed by atoms with E-state index in [0.29, 0.717) is 6.42 Å². The van der Waals surface area contributed by atoms with Crippen molar-refractivity contribution in [2.24, 2.45) is 0 Å². The number of nitrogens with one attached hydrogen (secondary N) is 1. The molecule has 0 unspecified atom stereocenters. The molecule has 0 spiro atoms. The van der Waals surface area contributed by atoms with Gasteiger partial charge in [-0.1, -0.05) is 0 Å². The van der Waals surface area contributed by atoms with Crippen molar-refractivity contribution in [3.05, 3.63) is 45.9 Å². The van der Waals surface area contributed by atoms with Crippen LogP contribution in [0.3, 0.4) is 0 Å². The van der Waals surface area contributed by atoms with Crippen LogP contribution in [-0.2, 0) is 11.2 Å². The molecule has 4 heteroatoms. The van der Waals surface area contributed by atoms with Crippen molar-refractivity contribution < 1.29 is 4.79 Å². The first-order valence-electron chi connectivity index (χ1n) is 6.41. The van der Waals surface area contributed by atoms with Crippen molar-refractivity contribution in [3.8, 4) is 0 Å². The molecule has 2 rings (SSSR count). The third-order valence-electron chi connectivity index (χ3n) is 2.94. The normalized spacial score (nSPS) is 10.4. The van der Waals surface area contributed by atoms with Crippen molar-refractivity contribution in [2.75, 3.05) is 5.32 Å². The summed E-state index contributed by atoms with van der Waals surface area (Å²) in [5.74, 6) is 0.0533. The van der Waals surface area contributed by atoms with Gasteiger partial charge in [0.2, 0.25) is 5.91 Å². The third kappa shape index (κ3) is 4.17. The molecule has 0 aliphatic rings. The highest BCUT2D eigenvalue weighted by atomic mass is 32.1. The lowest BCUT2D eigenvalue weighted by Crippen LogP contribution is -2.11. The Morgan fingerprint density at radius 2 is 2.26 bits per heavy atom. The van der Waals surface area contributed by atoms with E-state index in [1.54, 1.807) is 12.4 Å². The molecule has 0 radical (unpaired) electrons. The summed E-state index contributed by atoms with van der Waals surface area (Å²) < 4.78 is 0. The summed E-state index contributed by atoms with van der Waals surface area (Å²) in [6.45, 7) is 4.26. The Balaban J connectivity index is 1.77. The maximum Gasteiger partial charge on any atom is 0.224 e. The van der Waals surface area contributed by atoms with Crippen molar-refractivity contribution in [1.82, 2.24) is 4.98 Å². The molecule has 0 atom stereocenters. The lowest BCUT2D eigenvalue weighted by Gasteiger charge is -2.04. The van der Waals surface area contributed by atoms with Gasteiger partial charge in [0.05, 0.1) is 11.9 Å². The Hall–Kier alpha value is -1.68. The maximum atomic E-state index is 11.8. The van der Waals surface area contributed by atoms with Crippen LogP contribution in [0.2, 0.25) is 0 Å². The number of rotatable bonds is 5. The number of carbonyl (C=O) groups excluding carboxylic acids is 1. The number of aryl methyl sites for hydroxylation is 3. The van der Waals surface area contributed by atoms with Crippen LogP contribution in [0, 0.1) is 13.8 Å². The van der Waals surface area contributed by atoms with Gasteiger partial charge >= 0.3 is 0 Å². The molecule has 0 saturated heterocycles. The number of pyridine rings is 1. The first kappa shape index (κ1) is 13.7. The van der Waals surface area contributed by atoms with E-state index in [9.17, 15) is 4.79 Å². The first-order valence-corrected chi connectivity index (χ1v) is 7.22. The van der Waals surface area contributed by atoms with Crippen molar-refractivity contribution in [2.45, 2.75) is 33.1 Å². The summed E-state index contributed by atoms with van der Waals surface area (Å²) in [5, 5.41) is 2.85. The molecule has 1 N–H and O–H groups in total. The Labute approximate surface area is 117 Å². The molecule has 3 nitrogen and oxygen atoms in total. The second-order valence-corrected chi connectivity index (χ2v) is 6.04. The standard InChI is InChI=1S/C15H18N2OS/c1-11-9-13(12(2)19-11)5-3-7-15(18)17-14-6-4-8-16-10-14/h4,6,8-10H,3,5,7H2,1-2H3,(H,17,18). The number of nitrogens with zero attached hydrogens (tertiary/aromatic N) is 1. The predicted octanol–water partition coefficient (Wildman–Crippen LogP) is 3.72. The molecular weight excluding hydrogens is 256 g/mol. The zero-order chi connectivity index (χ0) is 13.7. The van der Waals surface area contributed by atoms with Crippen LogP contribution in [0.25, 0.3) is 0 Å². The topological polar surface area (TPSA) is 42.0 Å². The Morgan fingerprint density at radius 3 is 2.89 bits per heavy atom. The molecule has 0 aliphatic carbocycles. The van der Waals surface area contributed by atoms with Gasteiger partial charge in [-0.05, 0) is 50.5 Å². The lowest BCUT2D eigenvalue weighted by molar-refractivity contribution is -0.116. The number of aromatic nitrogens is 1. The lowest BCUT2D eigenvalue weighted by atomic mass is 10.1. The fourth-order valence-corrected chi connectivity index (χ4v) is 3.01. The predicted molar refractivity (Wildman–Crippen MR) is 79.6 cm³/mol. The van der Waals surface area contributed by atoms with Gasteiger partial charge in [-0.25, -0.2) is 0 Å². The molecule has 0 bridgehead atoms. The summed E-state index contributed by atoms with van der Waals surface area (Å²) in [4.78, 5) is 18.4. The van der Waals surface area contributed by atoms with Gasteiger partial charge in [-0.2, -0.15) is 0 Å². The SMILES string of the molecule is Cc1cc(CCCC(=O)Nc2cccnc2)c(C)s1.